The first kappa shape index (κ1) is 28.4. The monoisotopic (exact) mass is 555 g/mol. The van der Waals surface area contributed by atoms with Crippen molar-refractivity contribution in [2.75, 3.05) is 26.2 Å². The van der Waals surface area contributed by atoms with Gasteiger partial charge in [0.1, 0.15) is 6.61 Å². The molecule has 0 radical (unpaired) electrons. The summed E-state index contributed by atoms with van der Waals surface area (Å²) in [5.41, 5.74) is 5.02. The second-order valence-corrected chi connectivity index (χ2v) is 11.2. The van der Waals surface area contributed by atoms with Gasteiger partial charge in [0.2, 0.25) is 5.91 Å². The molecule has 0 aromatic heterocycles. The average Bonchev–Trinajstić information content (AvgIpc) is 3.30. The molecule has 2 aliphatic rings. The maximum Gasteiger partial charge on any atom is 0.407 e. The van der Waals surface area contributed by atoms with Gasteiger partial charge in [-0.3, -0.25) is 14.5 Å². The number of fused-ring (bicyclic) bond motifs is 3. The van der Waals surface area contributed by atoms with E-state index >= 15 is 0 Å². The lowest BCUT2D eigenvalue weighted by Gasteiger charge is -2.42. The van der Waals surface area contributed by atoms with Crippen molar-refractivity contribution >= 4 is 18.0 Å². The van der Waals surface area contributed by atoms with Gasteiger partial charge in [0, 0.05) is 38.5 Å². The largest absolute Gasteiger partial charge is 0.481 e. The Morgan fingerprint density at radius 3 is 2.12 bits per heavy atom. The molecule has 1 atom stereocenters. The molecule has 1 unspecified atom stereocenters. The summed E-state index contributed by atoms with van der Waals surface area (Å²) in [6, 6.07) is 26.6. The Hall–Kier alpha value is -4.17. The number of rotatable bonds is 10. The first-order valence-electron chi connectivity index (χ1n) is 14.2. The fourth-order valence-electron chi connectivity index (χ4n) is 5.90. The van der Waals surface area contributed by atoms with Crippen LogP contribution in [0.15, 0.2) is 78.9 Å². The minimum atomic E-state index is -0.967. The molecule has 2 amide bonds. The number of ether oxygens (including phenoxy) is 1. The highest BCUT2D eigenvalue weighted by Crippen LogP contribution is 2.44. The SMILES string of the molecule is CC(CNC(=O)CC1(NC(=O)OCC2c3ccccc3-c3ccccc32)CCN(Cc2ccccc2)CC1)C(=O)O. The minimum Gasteiger partial charge on any atom is -0.481 e. The predicted molar refractivity (Wildman–Crippen MR) is 156 cm³/mol. The van der Waals surface area contributed by atoms with Crippen molar-refractivity contribution < 1.29 is 24.2 Å². The number of hydrogen-bond acceptors (Lipinski definition) is 5. The molecule has 5 rings (SSSR count). The van der Waals surface area contributed by atoms with Crippen LogP contribution in [0.1, 0.15) is 48.8 Å². The zero-order chi connectivity index (χ0) is 28.8. The Morgan fingerprint density at radius 1 is 0.927 bits per heavy atom. The zero-order valence-corrected chi connectivity index (χ0v) is 23.3. The number of likely N-dealkylation sites (tertiary alicyclic amines) is 1. The van der Waals surface area contributed by atoms with E-state index < -0.39 is 23.5 Å². The molecule has 3 N–H and O–H groups in total. The van der Waals surface area contributed by atoms with E-state index in [9.17, 15) is 19.5 Å². The molecule has 1 aliphatic carbocycles. The first-order valence-corrected chi connectivity index (χ1v) is 14.2. The Morgan fingerprint density at radius 2 is 1.51 bits per heavy atom. The first-order chi connectivity index (χ1) is 19.8. The standard InChI is InChI=1S/C33H37N3O5/c1-23(31(38)39)20-34-30(37)19-33(15-17-36(18-16-33)21-24-9-3-2-4-10-24)35-32(40)41-22-29-27-13-7-5-11-25(27)26-12-6-8-14-28(26)29/h2-14,23,29H,15-22H2,1H3,(H,34,37)(H,35,40)(H,38,39). The molecule has 1 saturated heterocycles. The van der Waals surface area contributed by atoms with Gasteiger partial charge in [-0.05, 0) is 40.7 Å². The maximum atomic E-state index is 13.3. The molecular weight excluding hydrogens is 518 g/mol. The number of piperidine rings is 1. The lowest BCUT2D eigenvalue weighted by molar-refractivity contribution is -0.141. The van der Waals surface area contributed by atoms with Gasteiger partial charge in [0.05, 0.1) is 11.5 Å². The van der Waals surface area contributed by atoms with Gasteiger partial charge in [-0.15, -0.1) is 0 Å². The number of benzene rings is 3. The third kappa shape index (κ3) is 6.77. The number of amides is 2. The number of carbonyl (C=O) groups is 3. The third-order valence-electron chi connectivity index (χ3n) is 8.30. The summed E-state index contributed by atoms with van der Waals surface area (Å²) in [7, 11) is 0. The van der Waals surface area contributed by atoms with E-state index in [0.717, 1.165) is 28.8 Å². The topological polar surface area (TPSA) is 108 Å². The number of hydrogen-bond donors (Lipinski definition) is 3. The molecule has 1 fully saturated rings. The highest BCUT2D eigenvalue weighted by atomic mass is 16.5. The van der Waals surface area contributed by atoms with Crippen molar-refractivity contribution in [3.63, 3.8) is 0 Å². The number of alkyl carbamates (subject to hydrolysis) is 1. The summed E-state index contributed by atoms with van der Waals surface area (Å²) in [6.45, 7) is 3.99. The van der Waals surface area contributed by atoms with Gasteiger partial charge in [-0.2, -0.15) is 0 Å². The number of aliphatic carboxylic acids is 1. The second-order valence-electron chi connectivity index (χ2n) is 11.2. The van der Waals surface area contributed by atoms with Gasteiger partial charge in [-0.25, -0.2) is 4.79 Å². The van der Waals surface area contributed by atoms with E-state index in [0.29, 0.717) is 25.9 Å². The van der Waals surface area contributed by atoms with Gasteiger partial charge in [0.25, 0.3) is 0 Å². The Bertz CT molecular complexity index is 1340. The number of nitrogens with one attached hydrogen (secondary N) is 2. The Labute approximate surface area is 240 Å². The van der Waals surface area contributed by atoms with Gasteiger partial charge < -0.3 is 20.5 Å². The van der Waals surface area contributed by atoms with E-state index in [1.54, 1.807) is 6.92 Å². The van der Waals surface area contributed by atoms with Crippen LogP contribution >= 0.6 is 0 Å². The molecule has 0 bridgehead atoms. The van der Waals surface area contributed by atoms with Crippen molar-refractivity contribution in [3.05, 3.63) is 95.6 Å². The molecule has 3 aromatic rings. The van der Waals surface area contributed by atoms with E-state index in [2.05, 4.69) is 51.9 Å². The number of carboxylic acid groups (broad SMARTS) is 1. The van der Waals surface area contributed by atoms with Crippen molar-refractivity contribution in [2.24, 2.45) is 5.92 Å². The number of nitrogens with zero attached hydrogens (tertiary/aromatic N) is 1. The number of carbonyl (C=O) groups excluding carboxylic acids is 2. The summed E-state index contributed by atoms with van der Waals surface area (Å²) in [6.07, 6.45) is 0.663. The highest BCUT2D eigenvalue weighted by molar-refractivity contribution is 5.80. The molecule has 8 nitrogen and oxygen atoms in total. The van der Waals surface area contributed by atoms with Crippen LogP contribution in [0.2, 0.25) is 0 Å². The lowest BCUT2D eigenvalue weighted by atomic mass is 9.84. The number of carboxylic acids is 1. The molecule has 1 heterocycles. The predicted octanol–water partition coefficient (Wildman–Crippen LogP) is 4.79. The molecule has 1 aliphatic heterocycles. The van der Waals surface area contributed by atoms with Crippen molar-refractivity contribution in [1.29, 1.82) is 0 Å². The lowest BCUT2D eigenvalue weighted by Crippen LogP contribution is -2.57. The molecule has 8 heteroatoms. The third-order valence-corrected chi connectivity index (χ3v) is 8.30. The van der Waals surface area contributed by atoms with Crippen molar-refractivity contribution in [3.8, 4) is 11.1 Å². The normalized spacial score (nSPS) is 16.7. The van der Waals surface area contributed by atoms with Crippen LogP contribution in [-0.2, 0) is 20.9 Å². The van der Waals surface area contributed by atoms with Crippen LogP contribution < -0.4 is 10.6 Å². The average molecular weight is 556 g/mol. The summed E-state index contributed by atoms with van der Waals surface area (Å²) in [4.78, 5) is 39.7. The Kier molecular flexibility index (Phi) is 8.69. The van der Waals surface area contributed by atoms with Crippen LogP contribution in [0.3, 0.4) is 0 Å². The van der Waals surface area contributed by atoms with Crippen LogP contribution in [0.5, 0.6) is 0 Å². The van der Waals surface area contributed by atoms with Gasteiger partial charge >= 0.3 is 12.1 Å². The van der Waals surface area contributed by atoms with E-state index in [4.69, 9.17) is 4.74 Å². The summed E-state index contributed by atoms with van der Waals surface area (Å²) in [5.74, 6) is -2.00. The zero-order valence-electron chi connectivity index (χ0n) is 23.3. The minimum absolute atomic E-state index is 0.0370. The van der Waals surface area contributed by atoms with Gasteiger partial charge in [0.15, 0.2) is 0 Å². The summed E-state index contributed by atoms with van der Waals surface area (Å²) < 4.78 is 5.83. The molecule has 0 saturated carbocycles. The molecular formula is C33H37N3O5. The van der Waals surface area contributed by atoms with Crippen LogP contribution in [0.4, 0.5) is 4.79 Å². The smallest absolute Gasteiger partial charge is 0.407 e. The second kappa shape index (κ2) is 12.6. The molecule has 41 heavy (non-hydrogen) atoms. The van der Waals surface area contributed by atoms with E-state index in [1.165, 1.54) is 5.56 Å². The fraction of sp³-hybridized carbons (Fsp3) is 0.364. The van der Waals surface area contributed by atoms with Gasteiger partial charge in [-0.1, -0.05) is 85.8 Å². The van der Waals surface area contributed by atoms with E-state index in [1.807, 2.05) is 42.5 Å². The van der Waals surface area contributed by atoms with Crippen LogP contribution in [0.25, 0.3) is 11.1 Å². The fourth-order valence-corrected chi connectivity index (χ4v) is 5.90. The molecule has 0 spiro atoms. The summed E-state index contributed by atoms with van der Waals surface area (Å²) >= 11 is 0. The maximum absolute atomic E-state index is 13.3. The van der Waals surface area contributed by atoms with Crippen LogP contribution in [0, 0.1) is 5.92 Å². The summed E-state index contributed by atoms with van der Waals surface area (Å²) in [5, 5.41) is 15.0. The van der Waals surface area contributed by atoms with Crippen molar-refractivity contribution in [1.82, 2.24) is 15.5 Å². The highest BCUT2D eigenvalue weighted by Gasteiger charge is 2.39. The van der Waals surface area contributed by atoms with Crippen molar-refractivity contribution in [2.45, 2.75) is 44.2 Å². The van der Waals surface area contributed by atoms with Crippen LogP contribution in [-0.4, -0.2) is 59.8 Å². The van der Waals surface area contributed by atoms with E-state index in [-0.39, 0.29) is 31.4 Å². The Balaban J connectivity index is 1.24. The molecule has 3 aromatic carbocycles. The quantitative estimate of drug-likeness (QED) is 0.332. The molecule has 214 valence electrons.